The van der Waals surface area contributed by atoms with Gasteiger partial charge >= 0.3 is 0 Å². The predicted molar refractivity (Wildman–Crippen MR) is 87.6 cm³/mol. The summed E-state index contributed by atoms with van der Waals surface area (Å²) in [6.45, 7) is 13.9. The molecule has 0 unspecified atom stereocenters. The highest BCUT2D eigenvalue weighted by Gasteiger charge is 2.13. The minimum Gasteiger partial charge on any atom is -0.492 e. The average Bonchev–Trinajstić information content (AvgIpc) is 2.36. The molecule has 20 heavy (non-hydrogen) atoms. The molecule has 0 aliphatic heterocycles. The number of benzene rings is 1. The fraction of sp³-hybridized carbons (Fsp3) is 0.667. The zero-order chi connectivity index (χ0) is 15.0. The molecule has 0 saturated heterocycles. The quantitative estimate of drug-likeness (QED) is 0.712. The molecule has 1 N–H and O–H groups in total. The van der Waals surface area contributed by atoms with Gasteiger partial charge in [0, 0.05) is 6.54 Å². The third-order valence-electron chi connectivity index (χ3n) is 3.38. The first kappa shape index (κ1) is 17.0. The van der Waals surface area contributed by atoms with Gasteiger partial charge in [-0.25, -0.2) is 0 Å². The van der Waals surface area contributed by atoms with Crippen LogP contribution in [0.5, 0.6) is 5.75 Å². The molecule has 0 aromatic heterocycles. The van der Waals surface area contributed by atoms with Crippen LogP contribution < -0.4 is 10.1 Å². The molecule has 2 nitrogen and oxygen atoms in total. The van der Waals surface area contributed by atoms with Crippen LogP contribution in [0.25, 0.3) is 0 Å². The summed E-state index contributed by atoms with van der Waals surface area (Å²) in [5.74, 6) is 1.77. The van der Waals surface area contributed by atoms with Crippen LogP contribution in [-0.2, 0) is 5.41 Å². The van der Waals surface area contributed by atoms with Crippen molar-refractivity contribution in [3.63, 3.8) is 0 Å². The molecule has 0 aliphatic carbocycles. The van der Waals surface area contributed by atoms with E-state index in [0.29, 0.717) is 0 Å². The summed E-state index contributed by atoms with van der Waals surface area (Å²) in [4.78, 5) is 0. The molecule has 2 heteroatoms. The molecule has 0 radical (unpaired) electrons. The van der Waals surface area contributed by atoms with Gasteiger partial charge in [-0.1, -0.05) is 46.8 Å². The topological polar surface area (TPSA) is 21.3 Å². The number of ether oxygens (including phenoxy) is 1. The molecule has 0 atom stereocenters. The van der Waals surface area contributed by atoms with Crippen molar-refractivity contribution in [3.05, 3.63) is 29.8 Å². The van der Waals surface area contributed by atoms with Crippen LogP contribution in [-0.4, -0.2) is 19.7 Å². The first-order chi connectivity index (χ1) is 9.39. The van der Waals surface area contributed by atoms with Gasteiger partial charge in [-0.05, 0) is 48.4 Å². The molecular formula is C18H31NO. The SMILES string of the molecule is CC(C)CCCNCCOc1cccc(C(C)(C)C)c1. The van der Waals surface area contributed by atoms with Gasteiger partial charge in [0.15, 0.2) is 0 Å². The van der Waals surface area contributed by atoms with Crippen molar-refractivity contribution in [2.24, 2.45) is 5.92 Å². The van der Waals surface area contributed by atoms with Crippen LogP contribution in [0.1, 0.15) is 53.0 Å². The Morgan fingerprint density at radius 1 is 1.15 bits per heavy atom. The van der Waals surface area contributed by atoms with E-state index in [0.717, 1.165) is 31.4 Å². The van der Waals surface area contributed by atoms with Crippen molar-refractivity contribution < 1.29 is 4.74 Å². The predicted octanol–water partition coefficient (Wildman–Crippen LogP) is 4.39. The number of hydrogen-bond donors (Lipinski definition) is 1. The molecule has 0 spiro atoms. The van der Waals surface area contributed by atoms with E-state index in [1.807, 2.05) is 6.07 Å². The Balaban J connectivity index is 2.22. The van der Waals surface area contributed by atoms with Crippen molar-refractivity contribution >= 4 is 0 Å². The Morgan fingerprint density at radius 3 is 2.55 bits per heavy atom. The summed E-state index contributed by atoms with van der Waals surface area (Å²) in [6, 6.07) is 8.43. The fourth-order valence-electron chi connectivity index (χ4n) is 2.05. The Bertz CT molecular complexity index is 379. The standard InChI is InChI=1S/C18H31NO/c1-15(2)8-7-11-19-12-13-20-17-10-6-9-16(14-17)18(3,4)5/h6,9-10,14-15,19H,7-8,11-13H2,1-5H3. The largest absolute Gasteiger partial charge is 0.492 e. The Morgan fingerprint density at radius 2 is 1.90 bits per heavy atom. The van der Waals surface area contributed by atoms with Crippen LogP contribution in [0.2, 0.25) is 0 Å². The lowest BCUT2D eigenvalue weighted by atomic mass is 9.87. The van der Waals surface area contributed by atoms with E-state index >= 15 is 0 Å². The number of hydrogen-bond acceptors (Lipinski definition) is 2. The highest BCUT2D eigenvalue weighted by molar-refractivity contribution is 5.32. The molecule has 0 saturated carbocycles. The van der Waals surface area contributed by atoms with Crippen molar-refractivity contribution in [1.29, 1.82) is 0 Å². The Hall–Kier alpha value is -1.02. The van der Waals surface area contributed by atoms with Crippen LogP contribution in [0.3, 0.4) is 0 Å². The molecule has 0 fully saturated rings. The fourth-order valence-corrected chi connectivity index (χ4v) is 2.05. The minimum atomic E-state index is 0.175. The van der Waals surface area contributed by atoms with Crippen LogP contribution in [0.4, 0.5) is 0 Å². The highest BCUT2D eigenvalue weighted by atomic mass is 16.5. The van der Waals surface area contributed by atoms with E-state index in [2.05, 4.69) is 58.1 Å². The van der Waals surface area contributed by atoms with Crippen molar-refractivity contribution in [2.45, 2.75) is 52.9 Å². The van der Waals surface area contributed by atoms with Crippen molar-refractivity contribution in [3.8, 4) is 5.75 Å². The Kier molecular flexibility index (Phi) is 7.08. The summed E-state index contributed by atoms with van der Waals surface area (Å²) in [7, 11) is 0. The van der Waals surface area contributed by atoms with Gasteiger partial charge < -0.3 is 10.1 Å². The monoisotopic (exact) mass is 277 g/mol. The zero-order valence-electron chi connectivity index (χ0n) is 13.8. The second-order valence-electron chi connectivity index (χ2n) is 6.91. The summed E-state index contributed by atoms with van der Waals surface area (Å²) in [5.41, 5.74) is 1.49. The second kappa shape index (κ2) is 8.31. The summed E-state index contributed by atoms with van der Waals surface area (Å²) in [6.07, 6.45) is 2.54. The summed E-state index contributed by atoms with van der Waals surface area (Å²) < 4.78 is 5.81. The van der Waals surface area contributed by atoms with E-state index < -0.39 is 0 Å². The second-order valence-corrected chi connectivity index (χ2v) is 6.91. The van der Waals surface area contributed by atoms with Gasteiger partial charge in [-0.3, -0.25) is 0 Å². The molecule has 1 aromatic carbocycles. The highest BCUT2D eigenvalue weighted by Crippen LogP contribution is 2.25. The van der Waals surface area contributed by atoms with Gasteiger partial charge in [0.2, 0.25) is 0 Å². The van der Waals surface area contributed by atoms with Crippen LogP contribution >= 0.6 is 0 Å². The van der Waals surface area contributed by atoms with E-state index in [1.54, 1.807) is 0 Å². The minimum absolute atomic E-state index is 0.175. The molecule has 0 bridgehead atoms. The molecule has 0 aliphatic rings. The normalized spacial score (nSPS) is 11.9. The Labute approximate surface area is 124 Å². The lowest BCUT2D eigenvalue weighted by molar-refractivity contribution is 0.312. The van der Waals surface area contributed by atoms with Crippen molar-refractivity contribution in [2.75, 3.05) is 19.7 Å². The third-order valence-corrected chi connectivity index (χ3v) is 3.38. The first-order valence-electron chi connectivity index (χ1n) is 7.83. The van der Waals surface area contributed by atoms with Gasteiger partial charge in [0.1, 0.15) is 12.4 Å². The smallest absolute Gasteiger partial charge is 0.119 e. The van der Waals surface area contributed by atoms with Crippen LogP contribution in [0.15, 0.2) is 24.3 Å². The third kappa shape index (κ3) is 6.95. The maximum absolute atomic E-state index is 5.81. The maximum atomic E-state index is 5.81. The molecule has 0 amide bonds. The first-order valence-corrected chi connectivity index (χ1v) is 7.83. The van der Waals surface area contributed by atoms with E-state index in [9.17, 15) is 0 Å². The number of rotatable bonds is 8. The molecular weight excluding hydrogens is 246 g/mol. The van der Waals surface area contributed by atoms with Gasteiger partial charge in [-0.15, -0.1) is 0 Å². The van der Waals surface area contributed by atoms with E-state index in [1.165, 1.54) is 18.4 Å². The summed E-state index contributed by atoms with van der Waals surface area (Å²) >= 11 is 0. The lowest BCUT2D eigenvalue weighted by Gasteiger charge is -2.19. The molecule has 1 aromatic rings. The molecule has 0 heterocycles. The lowest BCUT2D eigenvalue weighted by Crippen LogP contribution is -2.22. The average molecular weight is 277 g/mol. The maximum Gasteiger partial charge on any atom is 0.119 e. The van der Waals surface area contributed by atoms with Crippen molar-refractivity contribution in [1.82, 2.24) is 5.32 Å². The van der Waals surface area contributed by atoms with E-state index in [4.69, 9.17) is 4.74 Å². The van der Waals surface area contributed by atoms with Gasteiger partial charge in [0.05, 0.1) is 0 Å². The zero-order valence-corrected chi connectivity index (χ0v) is 13.8. The van der Waals surface area contributed by atoms with Gasteiger partial charge in [-0.2, -0.15) is 0 Å². The van der Waals surface area contributed by atoms with Crippen LogP contribution in [0, 0.1) is 5.92 Å². The van der Waals surface area contributed by atoms with E-state index in [-0.39, 0.29) is 5.41 Å². The molecule has 1 rings (SSSR count). The summed E-state index contributed by atoms with van der Waals surface area (Å²) in [5, 5.41) is 3.43. The number of nitrogens with one attached hydrogen (secondary N) is 1. The van der Waals surface area contributed by atoms with Gasteiger partial charge in [0.25, 0.3) is 0 Å². The molecule has 114 valence electrons.